The fourth-order valence-corrected chi connectivity index (χ4v) is 3.23. The highest BCUT2D eigenvalue weighted by Crippen LogP contribution is 2.66. The summed E-state index contributed by atoms with van der Waals surface area (Å²) in [7, 11) is 0. The lowest BCUT2D eigenvalue weighted by atomic mass is 9.80. The minimum absolute atomic E-state index is 0.137. The monoisotopic (exact) mass is 654 g/mol. The minimum Gasteiger partial charge on any atom is -0.446 e. The lowest BCUT2D eigenvalue weighted by Gasteiger charge is -2.48. The third kappa shape index (κ3) is 3.89. The van der Waals surface area contributed by atoms with E-state index in [0.717, 1.165) is 0 Å². The van der Waals surface area contributed by atoms with Crippen LogP contribution in [0.5, 0.6) is 0 Å². The Balaban J connectivity index is 2.44. The molecule has 0 bridgehead atoms. The van der Waals surface area contributed by atoms with Gasteiger partial charge in [-0.3, -0.25) is 0 Å². The molecular formula is C17H6F20O4. The molecule has 24 heteroatoms. The smallest absolute Gasteiger partial charge is 0.384 e. The van der Waals surface area contributed by atoms with Gasteiger partial charge in [-0.1, -0.05) is 0 Å². The maximum Gasteiger partial charge on any atom is 0.384 e. The lowest BCUT2D eigenvalue weighted by Crippen LogP contribution is -2.80. The normalized spacial score (nSPS) is 30.2. The van der Waals surface area contributed by atoms with Crippen LogP contribution in [0.15, 0.2) is 11.6 Å². The average Bonchev–Trinajstić information content (AvgIpc) is 2.77. The van der Waals surface area contributed by atoms with E-state index in [2.05, 4.69) is 9.47 Å². The van der Waals surface area contributed by atoms with E-state index in [9.17, 15) is 97.4 Å². The molecular weight excluding hydrogens is 648 g/mol. The number of hydrogen-bond donors (Lipinski definition) is 0. The van der Waals surface area contributed by atoms with Crippen molar-refractivity contribution in [1.82, 2.24) is 0 Å². The van der Waals surface area contributed by atoms with Gasteiger partial charge in [0.25, 0.3) is 0 Å². The molecule has 2 aliphatic carbocycles. The summed E-state index contributed by atoms with van der Waals surface area (Å²) in [5.41, 5.74) is -2.09. The van der Waals surface area contributed by atoms with Crippen LogP contribution in [0.2, 0.25) is 0 Å². The third-order valence-electron chi connectivity index (χ3n) is 5.68. The first-order valence-corrected chi connectivity index (χ1v) is 9.55. The molecule has 0 saturated heterocycles. The van der Waals surface area contributed by atoms with Crippen LogP contribution in [0.1, 0.15) is 6.92 Å². The van der Waals surface area contributed by atoms with Crippen LogP contribution in [0.25, 0.3) is 0 Å². The number of halogens is 20. The first kappa shape index (κ1) is 34.5. The van der Waals surface area contributed by atoms with E-state index in [1.54, 1.807) is 0 Å². The van der Waals surface area contributed by atoms with E-state index in [1.807, 2.05) is 0 Å². The molecule has 0 atom stereocenters. The summed E-state index contributed by atoms with van der Waals surface area (Å²) in [4.78, 5) is 23.2. The zero-order valence-corrected chi connectivity index (χ0v) is 18.4. The molecule has 2 aliphatic rings. The number of ether oxygens (including phenoxy) is 2. The molecule has 0 heterocycles. The second-order valence-corrected chi connectivity index (χ2v) is 8.37. The molecule has 0 amide bonds. The fraction of sp³-hybridized carbons (Fsp3) is 0.765. The minimum atomic E-state index is -7.51. The second-order valence-electron chi connectivity index (χ2n) is 8.37. The summed E-state index contributed by atoms with van der Waals surface area (Å²) in [5, 5.41) is 0. The second kappa shape index (κ2) is 8.66. The quantitative estimate of drug-likeness (QED) is 0.208. The maximum atomic E-state index is 13.8. The van der Waals surface area contributed by atoms with E-state index >= 15 is 0 Å². The predicted octanol–water partition coefficient (Wildman–Crippen LogP) is 6.14. The van der Waals surface area contributed by atoms with Crippen LogP contribution in [-0.4, -0.2) is 83.4 Å². The van der Waals surface area contributed by atoms with Gasteiger partial charge in [0.2, 0.25) is 12.2 Å². The Hall–Kier alpha value is -2.72. The highest BCUT2D eigenvalue weighted by molar-refractivity contribution is 5.96. The van der Waals surface area contributed by atoms with Crippen molar-refractivity contribution in [2.45, 2.75) is 78.4 Å². The molecule has 2 rings (SSSR count). The number of rotatable bonds is 4. The van der Waals surface area contributed by atoms with E-state index in [-0.39, 0.29) is 6.92 Å². The molecule has 238 valence electrons. The summed E-state index contributed by atoms with van der Waals surface area (Å²) in [6.07, 6.45) is -12.0. The van der Waals surface area contributed by atoms with Crippen molar-refractivity contribution in [2.24, 2.45) is 0 Å². The Morgan fingerprint density at radius 3 is 0.976 bits per heavy atom. The summed E-state index contributed by atoms with van der Waals surface area (Å²) in [6, 6.07) is 0. The Bertz CT molecular complexity index is 1080. The molecule has 2 saturated carbocycles. The summed E-state index contributed by atoms with van der Waals surface area (Å²) < 4.78 is 275. The Morgan fingerprint density at radius 2 is 0.707 bits per heavy atom. The molecule has 0 aliphatic heterocycles. The molecule has 4 nitrogen and oxygen atoms in total. The van der Waals surface area contributed by atoms with Crippen molar-refractivity contribution in [2.75, 3.05) is 0 Å². The number of alkyl halides is 20. The largest absolute Gasteiger partial charge is 0.446 e. The molecule has 0 aromatic heterocycles. The Labute approximate surface area is 210 Å². The molecule has 0 spiro atoms. The number of carbonyl (C=O) groups is 2. The van der Waals surface area contributed by atoms with Gasteiger partial charge >= 0.3 is 71.2 Å². The SMILES string of the molecule is C/C(=C\C(=O)OC1C(F)(F)C(F)(F)C(F)(F)C(F)(F)C1(F)F)C(=O)OC1C(F)(F)C(F)(F)C(F)(F)C(F)(F)C1(F)F. The van der Waals surface area contributed by atoms with E-state index in [1.165, 1.54) is 0 Å². The van der Waals surface area contributed by atoms with Gasteiger partial charge < -0.3 is 9.47 Å². The van der Waals surface area contributed by atoms with Gasteiger partial charge in [0.1, 0.15) is 0 Å². The zero-order valence-electron chi connectivity index (χ0n) is 18.4. The first-order chi connectivity index (χ1) is 17.7. The maximum absolute atomic E-state index is 13.8. The molecule has 0 radical (unpaired) electrons. The van der Waals surface area contributed by atoms with Crippen molar-refractivity contribution >= 4 is 11.9 Å². The van der Waals surface area contributed by atoms with Crippen molar-refractivity contribution in [3.05, 3.63) is 11.6 Å². The number of hydrogen-bond acceptors (Lipinski definition) is 4. The Morgan fingerprint density at radius 1 is 0.463 bits per heavy atom. The number of carbonyl (C=O) groups excluding carboxylic acids is 2. The molecule has 0 aromatic rings. The van der Waals surface area contributed by atoms with E-state index in [4.69, 9.17) is 0 Å². The topological polar surface area (TPSA) is 52.6 Å². The summed E-state index contributed by atoms with van der Waals surface area (Å²) in [5.74, 6) is -79.1. The standard InChI is InChI=1S/C17H6F20O4/c1-3(5(39)41-7-10(22,23)14(30,31)17(36,37)15(32,33)11(7,24)25)2-4(38)40-6-8(18,19)12(26,27)16(34,35)13(28,29)9(6,20)21/h2,6-7H,1H3/b3-2+. The van der Waals surface area contributed by atoms with Crippen molar-refractivity contribution in [1.29, 1.82) is 0 Å². The Kier molecular flexibility index (Phi) is 7.28. The van der Waals surface area contributed by atoms with E-state index in [0.29, 0.717) is 0 Å². The molecule has 0 unspecified atom stereocenters. The highest BCUT2D eigenvalue weighted by atomic mass is 19.4. The first-order valence-electron chi connectivity index (χ1n) is 9.55. The summed E-state index contributed by atoms with van der Waals surface area (Å²) >= 11 is 0. The van der Waals surface area contributed by atoms with Crippen LogP contribution in [0, 0.1) is 0 Å². The predicted molar refractivity (Wildman–Crippen MR) is 83.0 cm³/mol. The highest BCUT2D eigenvalue weighted by Gasteiger charge is 2.98. The van der Waals surface area contributed by atoms with Crippen LogP contribution < -0.4 is 0 Å². The number of esters is 2. The van der Waals surface area contributed by atoms with Gasteiger partial charge in [-0.2, -0.15) is 87.8 Å². The third-order valence-corrected chi connectivity index (χ3v) is 5.68. The zero-order chi connectivity index (χ0) is 33.0. The lowest BCUT2D eigenvalue weighted by molar-refractivity contribution is -0.468. The van der Waals surface area contributed by atoms with Crippen molar-refractivity contribution in [3.8, 4) is 0 Å². The van der Waals surface area contributed by atoms with Gasteiger partial charge in [-0.25, -0.2) is 9.59 Å². The van der Waals surface area contributed by atoms with Crippen molar-refractivity contribution in [3.63, 3.8) is 0 Å². The van der Waals surface area contributed by atoms with Crippen molar-refractivity contribution < 1.29 is 107 Å². The van der Waals surface area contributed by atoms with Gasteiger partial charge in [-0.05, 0) is 6.92 Å². The van der Waals surface area contributed by atoms with Crippen LogP contribution >= 0.6 is 0 Å². The average molecular weight is 654 g/mol. The molecule has 0 N–H and O–H groups in total. The molecule has 41 heavy (non-hydrogen) atoms. The molecule has 0 aromatic carbocycles. The molecule has 2 fully saturated rings. The van der Waals surface area contributed by atoms with Crippen LogP contribution in [0.3, 0.4) is 0 Å². The van der Waals surface area contributed by atoms with Gasteiger partial charge in [0.05, 0.1) is 0 Å². The van der Waals surface area contributed by atoms with Gasteiger partial charge in [0.15, 0.2) is 0 Å². The van der Waals surface area contributed by atoms with Crippen LogP contribution in [0.4, 0.5) is 87.8 Å². The van der Waals surface area contributed by atoms with Crippen LogP contribution in [-0.2, 0) is 19.1 Å². The van der Waals surface area contributed by atoms with Gasteiger partial charge in [0, 0.05) is 11.6 Å². The fourth-order valence-electron chi connectivity index (χ4n) is 3.23. The summed E-state index contributed by atoms with van der Waals surface area (Å²) in [6.45, 7) is -0.137. The van der Waals surface area contributed by atoms with E-state index < -0.39 is 95.0 Å². The van der Waals surface area contributed by atoms with Gasteiger partial charge in [-0.15, -0.1) is 0 Å².